The molecule has 0 aliphatic heterocycles. The van der Waals surface area contributed by atoms with Gasteiger partial charge < -0.3 is 9.64 Å². The molecule has 0 spiro atoms. The van der Waals surface area contributed by atoms with E-state index in [0.717, 1.165) is 5.56 Å². The molecule has 25 heavy (non-hydrogen) atoms. The van der Waals surface area contributed by atoms with Gasteiger partial charge in [0.2, 0.25) is 15.3 Å². The van der Waals surface area contributed by atoms with Crippen LogP contribution in [-0.2, 0) is 14.6 Å². The fourth-order valence-electron chi connectivity index (χ4n) is 2.69. The highest BCUT2D eigenvalue weighted by atomic mass is 32.2. The van der Waals surface area contributed by atoms with Crippen LogP contribution in [0.3, 0.4) is 0 Å². The summed E-state index contributed by atoms with van der Waals surface area (Å²) in [5, 5.41) is 0. The topological polar surface area (TPSA) is 63.7 Å². The number of benzene rings is 1. The fraction of sp³-hybridized carbons (Fsp3) is 0.632. The lowest BCUT2D eigenvalue weighted by molar-refractivity contribution is 0.0632. The summed E-state index contributed by atoms with van der Waals surface area (Å²) in [6, 6.07) is 6.47. The Bertz CT molecular complexity index is 655. The first kappa shape index (κ1) is 21.5. The summed E-state index contributed by atoms with van der Waals surface area (Å²) in [6.45, 7) is 13.2. The standard InChI is InChI=1S/C19H31NO4S/c1-13(2)12-18(24-19(21)20(14(3)4)15(5)6)25(22,23)17-10-8-16(7)9-11-17/h8-11,13-15,18H,12H2,1-7H3. The minimum Gasteiger partial charge on any atom is -0.429 e. The van der Waals surface area contributed by atoms with E-state index in [1.54, 1.807) is 29.2 Å². The first-order valence-corrected chi connectivity index (χ1v) is 10.3. The van der Waals surface area contributed by atoms with Gasteiger partial charge in [0.25, 0.3) is 0 Å². The summed E-state index contributed by atoms with van der Waals surface area (Å²) in [7, 11) is -3.76. The van der Waals surface area contributed by atoms with Crippen LogP contribution in [0.25, 0.3) is 0 Å². The SMILES string of the molecule is Cc1ccc(S(=O)(=O)C(CC(C)C)OC(=O)N(C(C)C)C(C)C)cc1. The number of carbonyl (C=O) groups is 1. The zero-order chi connectivity index (χ0) is 19.4. The van der Waals surface area contributed by atoms with Gasteiger partial charge in [-0.05, 0) is 52.7 Å². The molecule has 0 fully saturated rings. The van der Waals surface area contributed by atoms with Crippen molar-refractivity contribution in [2.75, 3.05) is 0 Å². The third-order valence-corrected chi connectivity index (χ3v) is 5.83. The first-order chi connectivity index (χ1) is 11.5. The summed E-state index contributed by atoms with van der Waals surface area (Å²) in [5.41, 5.74) is -0.218. The molecule has 0 saturated heterocycles. The maximum atomic E-state index is 13.0. The van der Waals surface area contributed by atoms with E-state index in [0.29, 0.717) is 0 Å². The second-order valence-electron chi connectivity index (χ2n) is 7.40. The molecule has 0 heterocycles. The molecule has 0 aliphatic carbocycles. The molecule has 0 N–H and O–H groups in total. The van der Waals surface area contributed by atoms with Crippen LogP contribution in [0.15, 0.2) is 29.2 Å². The Balaban J connectivity index is 3.16. The molecule has 1 aromatic rings. The van der Waals surface area contributed by atoms with E-state index < -0.39 is 21.4 Å². The van der Waals surface area contributed by atoms with Gasteiger partial charge >= 0.3 is 6.09 Å². The number of ether oxygens (including phenoxy) is 1. The second-order valence-corrected chi connectivity index (χ2v) is 9.48. The summed E-state index contributed by atoms with van der Waals surface area (Å²) in [6.07, 6.45) is -0.335. The van der Waals surface area contributed by atoms with E-state index in [1.807, 2.05) is 48.5 Å². The number of carbonyl (C=O) groups excluding carboxylic acids is 1. The van der Waals surface area contributed by atoms with Crippen LogP contribution in [0.1, 0.15) is 53.5 Å². The number of rotatable bonds is 7. The summed E-state index contributed by atoms with van der Waals surface area (Å²) in [4.78, 5) is 14.3. The Hall–Kier alpha value is -1.56. The average molecular weight is 370 g/mol. The van der Waals surface area contributed by atoms with Crippen molar-refractivity contribution < 1.29 is 17.9 Å². The van der Waals surface area contributed by atoms with Crippen molar-refractivity contribution in [3.8, 4) is 0 Å². The normalized spacial score (nSPS) is 13.4. The summed E-state index contributed by atoms with van der Waals surface area (Å²) < 4.78 is 31.5. The zero-order valence-electron chi connectivity index (χ0n) is 16.3. The van der Waals surface area contributed by atoms with E-state index >= 15 is 0 Å². The molecule has 142 valence electrons. The Morgan fingerprint density at radius 1 is 1.00 bits per heavy atom. The van der Waals surface area contributed by atoms with Crippen LogP contribution >= 0.6 is 0 Å². The van der Waals surface area contributed by atoms with Gasteiger partial charge in [-0.3, -0.25) is 0 Å². The summed E-state index contributed by atoms with van der Waals surface area (Å²) in [5.74, 6) is 0.0737. The van der Waals surface area contributed by atoms with Crippen LogP contribution in [0.4, 0.5) is 4.79 Å². The highest BCUT2D eigenvalue weighted by Gasteiger charge is 2.34. The van der Waals surface area contributed by atoms with E-state index in [-0.39, 0.29) is 29.3 Å². The van der Waals surface area contributed by atoms with Gasteiger partial charge in [0.05, 0.1) is 4.90 Å². The maximum absolute atomic E-state index is 13.0. The lowest BCUT2D eigenvalue weighted by Gasteiger charge is -2.31. The molecule has 0 saturated carbocycles. The highest BCUT2D eigenvalue weighted by molar-refractivity contribution is 7.92. The number of hydrogen-bond acceptors (Lipinski definition) is 4. The van der Waals surface area contributed by atoms with Gasteiger partial charge in [0.1, 0.15) is 0 Å². The van der Waals surface area contributed by atoms with Crippen molar-refractivity contribution in [1.29, 1.82) is 0 Å². The van der Waals surface area contributed by atoms with Crippen molar-refractivity contribution in [2.45, 2.75) is 77.3 Å². The molecule has 1 aromatic carbocycles. The molecular formula is C19H31NO4S. The fourth-order valence-corrected chi connectivity index (χ4v) is 4.36. The van der Waals surface area contributed by atoms with Crippen molar-refractivity contribution in [3.63, 3.8) is 0 Å². The highest BCUT2D eigenvalue weighted by Crippen LogP contribution is 2.24. The monoisotopic (exact) mass is 369 g/mol. The Kier molecular flexibility index (Phi) is 7.47. The molecule has 1 atom stereocenters. The molecular weight excluding hydrogens is 338 g/mol. The van der Waals surface area contributed by atoms with E-state index in [9.17, 15) is 13.2 Å². The second kappa shape index (κ2) is 8.70. The molecule has 0 aromatic heterocycles. The van der Waals surface area contributed by atoms with E-state index in [2.05, 4.69) is 0 Å². The molecule has 1 amide bonds. The van der Waals surface area contributed by atoms with Crippen molar-refractivity contribution in [1.82, 2.24) is 4.90 Å². The predicted molar refractivity (Wildman–Crippen MR) is 100 cm³/mol. The third kappa shape index (κ3) is 5.73. The molecule has 1 rings (SSSR count). The van der Waals surface area contributed by atoms with Crippen LogP contribution < -0.4 is 0 Å². The van der Waals surface area contributed by atoms with E-state index in [1.165, 1.54) is 0 Å². The minimum absolute atomic E-state index is 0.0737. The lowest BCUT2D eigenvalue weighted by atomic mass is 10.1. The number of sulfone groups is 1. The van der Waals surface area contributed by atoms with Gasteiger partial charge in [0, 0.05) is 18.5 Å². The Morgan fingerprint density at radius 3 is 1.88 bits per heavy atom. The lowest BCUT2D eigenvalue weighted by Crippen LogP contribution is -2.45. The van der Waals surface area contributed by atoms with Crippen molar-refractivity contribution in [3.05, 3.63) is 29.8 Å². The third-order valence-electron chi connectivity index (χ3n) is 3.92. The van der Waals surface area contributed by atoms with E-state index in [4.69, 9.17) is 4.74 Å². The zero-order valence-corrected chi connectivity index (χ0v) is 17.1. The number of amides is 1. The molecule has 6 heteroatoms. The maximum Gasteiger partial charge on any atom is 0.411 e. The van der Waals surface area contributed by atoms with Crippen molar-refractivity contribution >= 4 is 15.9 Å². The predicted octanol–water partition coefficient (Wildman–Crippen LogP) is 4.40. The quantitative estimate of drug-likeness (QED) is 0.715. The van der Waals surface area contributed by atoms with Gasteiger partial charge in [-0.15, -0.1) is 0 Å². The molecule has 0 radical (unpaired) electrons. The Labute approximate surface area is 152 Å². The van der Waals surface area contributed by atoms with Gasteiger partial charge in [-0.25, -0.2) is 13.2 Å². The molecule has 1 unspecified atom stereocenters. The summed E-state index contributed by atoms with van der Waals surface area (Å²) >= 11 is 0. The number of aryl methyl sites for hydroxylation is 1. The van der Waals surface area contributed by atoms with Crippen LogP contribution in [-0.4, -0.2) is 36.9 Å². The smallest absolute Gasteiger partial charge is 0.411 e. The number of nitrogens with zero attached hydrogens (tertiary/aromatic N) is 1. The molecule has 0 bridgehead atoms. The largest absolute Gasteiger partial charge is 0.429 e. The van der Waals surface area contributed by atoms with Gasteiger partial charge in [-0.1, -0.05) is 31.5 Å². The van der Waals surface area contributed by atoms with Gasteiger partial charge in [0.15, 0.2) is 0 Å². The first-order valence-electron chi connectivity index (χ1n) is 8.76. The van der Waals surface area contributed by atoms with Gasteiger partial charge in [-0.2, -0.15) is 0 Å². The molecule has 0 aliphatic rings. The Morgan fingerprint density at radius 2 is 1.48 bits per heavy atom. The minimum atomic E-state index is -3.76. The van der Waals surface area contributed by atoms with Crippen LogP contribution in [0.2, 0.25) is 0 Å². The average Bonchev–Trinajstić information content (AvgIpc) is 2.45. The number of hydrogen-bond donors (Lipinski definition) is 0. The van der Waals surface area contributed by atoms with Crippen LogP contribution in [0, 0.1) is 12.8 Å². The molecule has 5 nitrogen and oxygen atoms in total. The van der Waals surface area contributed by atoms with Crippen LogP contribution in [0.5, 0.6) is 0 Å². The van der Waals surface area contributed by atoms with Crippen molar-refractivity contribution in [2.24, 2.45) is 5.92 Å².